The molecule has 7 aromatic rings. The highest BCUT2D eigenvalue weighted by Gasteiger charge is 2.31. The predicted octanol–water partition coefficient (Wildman–Crippen LogP) is 13.4. The fourth-order valence-corrected chi connectivity index (χ4v) is 9.31. The Bertz CT molecular complexity index is 3510. The normalized spacial score (nSPS) is 12.9. The van der Waals surface area contributed by atoms with Crippen molar-refractivity contribution in [2.45, 2.75) is 78.6 Å². The zero-order valence-electron chi connectivity index (χ0n) is 40.8. The maximum absolute atomic E-state index is 16.3. The molecule has 0 atom stereocenters. The summed E-state index contributed by atoms with van der Waals surface area (Å²) in [6.07, 6.45) is 6.53. The first-order chi connectivity index (χ1) is 33.1. The molecule has 9 rings (SSSR count). The summed E-state index contributed by atoms with van der Waals surface area (Å²) in [4.78, 5) is 17.0. The van der Waals surface area contributed by atoms with Crippen molar-refractivity contribution in [1.29, 1.82) is 0 Å². The Hall–Kier alpha value is -8.07. The van der Waals surface area contributed by atoms with Gasteiger partial charge in [-0.3, -0.25) is 0 Å². The molecule has 14 N–H and O–H groups in total. The molecule has 15 heteroatoms. The van der Waals surface area contributed by atoms with Gasteiger partial charge in [0.05, 0.1) is 28.3 Å². The van der Waals surface area contributed by atoms with E-state index in [0.29, 0.717) is 67.2 Å². The molecule has 0 aliphatic carbocycles. The summed E-state index contributed by atoms with van der Waals surface area (Å²) in [5.74, 6) is -10.7. The zero-order chi connectivity index (χ0) is 51.5. The second-order valence-electron chi connectivity index (χ2n) is 21.3. The van der Waals surface area contributed by atoms with Crippen LogP contribution in [0, 0.1) is 29.1 Å². The van der Waals surface area contributed by atoms with E-state index in [1.807, 2.05) is 84.0 Å². The van der Waals surface area contributed by atoms with Gasteiger partial charge in [0.1, 0.15) is 0 Å². The average Bonchev–Trinajstić information content (AvgIpc) is 4.12. The maximum atomic E-state index is 16.3. The van der Waals surface area contributed by atoms with Crippen molar-refractivity contribution in [3.63, 3.8) is 0 Å². The van der Waals surface area contributed by atoms with E-state index >= 15 is 17.6 Å². The zero-order valence-corrected chi connectivity index (χ0v) is 40.8. The molecule has 0 saturated carbocycles. The highest BCUT2D eigenvalue weighted by atomic mass is 19.2. The Balaban J connectivity index is 1.54. The molecule has 0 saturated heterocycles. The molecular formula is C56H55F5N10. The molecule has 0 spiro atoms. The van der Waals surface area contributed by atoms with E-state index in [4.69, 9.17) is 44.4 Å². The minimum Gasteiger partial charge on any atom is -0.398 e. The fourth-order valence-electron chi connectivity index (χ4n) is 9.31. The number of rotatable bonds is 4. The molecule has 0 fully saturated rings. The highest BCUT2D eigenvalue weighted by Crippen LogP contribution is 2.47. The van der Waals surface area contributed by atoms with Gasteiger partial charge < -0.3 is 44.4 Å². The van der Waals surface area contributed by atoms with Crippen molar-refractivity contribution >= 4 is 80.5 Å². The van der Waals surface area contributed by atoms with Crippen LogP contribution >= 0.6 is 0 Å². The molecule has 8 bridgehead atoms. The number of hydrogen-bond donors (Lipinski definition) is 8. The lowest BCUT2D eigenvalue weighted by Gasteiger charge is -2.22. The molecule has 10 nitrogen and oxygen atoms in total. The molecule has 2 aliphatic heterocycles. The molecule has 0 amide bonds. The molecule has 0 unspecified atom stereocenters. The van der Waals surface area contributed by atoms with Crippen molar-refractivity contribution < 1.29 is 22.0 Å². The Kier molecular flexibility index (Phi) is 11.2. The van der Waals surface area contributed by atoms with Gasteiger partial charge in [-0.2, -0.15) is 0 Å². The van der Waals surface area contributed by atoms with E-state index < -0.39 is 40.2 Å². The number of hydrogen-bond acceptors (Lipinski definition) is 8. The first-order valence-corrected chi connectivity index (χ1v) is 22.9. The number of aromatic nitrogens is 4. The van der Waals surface area contributed by atoms with Crippen LogP contribution in [0.5, 0.6) is 0 Å². The van der Waals surface area contributed by atoms with Crippen LogP contribution in [0.3, 0.4) is 0 Å². The van der Waals surface area contributed by atoms with Gasteiger partial charge in [-0.25, -0.2) is 31.9 Å². The second-order valence-corrected chi connectivity index (χ2v) is 21.3. The SMILES string of the molecule is CC(C)(C)c1cc(N)c(-c2c3nc(c(-c4c(N)cc(C(C)(C)C)cc4N)c4ccc([nH]4)c(-c4c(F)c(F)c(F)c(F)c4F)c4nc(c(-c5c(N)cc(C(C)(C)C)cc5N)c5ccc2[nH]5)C=C4)C=C3)c(N)c1. The first kappa shape index (κ1) is 48.0. The number of nitrogens with zero attached hydrogens (tertiary/aromatic N) is 2. The highest BCUT2D eigenvalue weighted by molar-refractivity contribution is 6.06. The number of nitrogens with two attached hydrogens (primary N) is 6. The second kappa shape index (κ2) is 16.5. The van der Waals surface area contributed by atoms with Gasteiger partial charge in [0, 0.05) is 95.1 Å². The Morgan fingerprint density at radius 1 is 0.324 bits per heavy atom. The lowest BCUT2D eigenvalue weighted by molar-refractivity contribution is 0.381. The van der Waals surface area contributed by atoms with E-state index in [9.17, 15) is 4.39 Å². The van der Waals surface area contributed by atoms with Crippen molar-refractivity contribution in [3.05, 3.63) is 129 Å². The van der Waals surface area contributed by atoms with Crippen LogP contribution in [0.4, 0.5) is 56.1 Å². The third-order valence-corrected chi connectivity index (χ3v) is 13.2. The summed E-state index contributed by atoms with van der Waals surface area (Å²) in [7, 11) is 0. The monoisotopic (exact) mass is 962 g/mol. The lowest BCUT2D eigenvalue weighted by Crippen LogP contribution is -2.13. The molecule has 364 valence electrons. The number of H-pyrrole nitrogens is 2. The van der Waals surface area contributed by atoms with Gasteiger partial charge in [0.15, 0.2) is 23.3 Å². The molecule has 2 aliphatic rings. The van der Waals surface area contributed by atoms with Crippen LogP contribution < -0.4 is 34.4 Å². The Labute approximate surface area is 407 Å². The Morgan fingerprint density at radius 2 is 0.535 bits per heavy atom. The summed E-state index contributed by atoms with van der Waals surface area (Å²) in [5, 5.41) is 0. The predicted molar refractivity (Wildman–Crippen MR) is 283 cm³/mol. The van der Waals surface area contributed by atoms with E-state index in [2.05, 4.69) is 30.7 Å². The third-order valence-electron chi connectivity index (χ3n) is 13.2. The number of nitrogen functional groups attached to an aromatic ring is 6. The third kappa shape index (κ3) is 8.08. The van der Waals surface area contributed by atoms with Crippen molar-refractivity contribution in [2.24, 2.45) is 0 Å². The van der Waals surface area contributed by atoms with Crippen molar-refractivity contribution in [2.75, 3.05) is 34.4 Å². The topological polar surface area (TPSA) is 213 Å². The summed E-state index contributed by atoms with van der Waals surface area (Å²) in [6, 6.07) is 17.7. The van der Waals surface area contributed by atoms with Crippen LogP contribution in [-0.2, 0) is 16.2 Å². The van der Waals surface area contributed by atoms with Crippen LogP contribution in [0.25, 0.3) is 90.9 Å². The summed E-state index contributed by atoms with van der Waals surface area (Å²) < 4.78 is 77.9. The van der Waals surface area contributed by atoms with Crippen LogP contribution in [-0.4, -0.2) is 19.9 Å². The van der Waals surface area contributed by atoms with Gasteiger partial charge in [-0.05, 0) is 118 Å². The van der Waals surface area contributed by atoms with Gasteiger partial charge in [-0.1, -0.05) is 62.3 Å². The maximum Gasteiger partial charge on any atom is 0.200 e. The molecule has 0 radical (unpaired) electrons. The van der Waals surface area contributed by atoms with Crippen LogP contribution in [0.2, 0.25) is 0 Å². The van der Waals surface area contributed by atoms with Gasteiger partial charge in [0.25, 0.3) is 0 Å². The van der Waals surface area contributed by atoms with Crippen LogP contribution in [0.1, 0.15) is 102 Å². The smallest absolute Gasteiger partial charge is 0.200 e. The summed E-state index contributed by atoms with van der Waals surface area (Å²) >= 11 is 0. The van der Waals surface area contributed by atoms with Gasteiger partial charge in [0.2, 0.25) is 5.82 Å². The van der Waals surface area contributed by atoms with Gasteiger partial charge in [-0.15, -0.1) is 0 Å². The average molecular weight is 963 g/mol. The number of fused-ring (bicyclic) bond motifs is 8. The number of benzene rings is 4. The van der Waals surface area contributed by atoms with E-state index in [1.54, 1.807) is 30.4 Å². The number of aromatic amines is 2. The van der Waals surface area contributed by atoms with E-state index in [1.165, 1.54) is 12.1 Å². The van der Waals surface area contributed by atoms with Gasteiger partial charge >= 0.3 is 0 Å². The molecule has 71 heavy (non-hydrogen) atoms. The standard InChI is InChI=1S/C56H55F5N10/c1-54(2,3)24-18-27(62)41(28(63)19-24)44-33-10-12-35(68-33)45(42-29(64)20-25(21-30(42)65)55(4,5)6)37-14-16-39(70-37)47(48-49(57)51(59)53(61)52(60)50(48)58)40-17-15-38(71-40)46(36-13-11-34(44)69-36)43-31(66)22-26(23-32(43)67)56(7,8)9/h10-23,68,71H,62-67H2,1-9H3. The number of nitrogens with one attached hydrogen (secondary N) is 2. The summed E-state index contributed by atoms with van der Waals surface area (Å²) in [6.45, 7) is 18.3. The molecular weight excluding hydrogens is 908 g/mol. The Morgan fingerprint density at radius 3 is 0.761 bits per heavy atom. The molecule has 4 aromatic carbocycles. The lowest BCUT2D eigenvalue weighted by atomic mass is 9.84. The van der Waals surface area contributed by atoms with E-state index in [-0.39, 0.29) is 61.4 Å². The summed E-state index contributed by atoms with van der Waals surface area (Å²) in [5.41, 5.74) is 48.0. The first-order valence-electron chi connectivity index (χ1n) is 22.9. The minimum atomic E-state index is -2.31. The van der Waals surface area contributed by atoms with Crippen molar-refractivity contribution in [3.8, 4) is 44.5 Å². The largest absolute Gasteiger partial charge is 0.398 e. The fraction of sp³-hybridized carbons (Fsp3) is 0.214. The number of halogens is 5. The minimum absolute atomic E-state index is 0.0725. The molecule has 5 heterocycles. The quantitative estimate of drug-likeness (QED) is 0.0367. The van der Waals surface area contributed by atoms with E-state index in [0.717, 1.165) is 16.7 Å². The van der Waals surface area contributed by atoms with Crippen LogP contribution in [0.15, 0.2) is 60.7 Å². The molecule has 3 aromatic heterocycles. The van der Waals surface area contributed by atoms with Crippen molar-refractivity contribution in [1.82, 2.24) is 19.9 Å². The number of anilines is 6.